The number of carbonyl (C=O) groups excluding carboxylic acids is 1. The number of benzene rings is 1. The van der Waals surface area contributed by atoms with Crippen LogP contribution in [0.4, 0.5) is 0 Å². The van der Waals surface area contributed by atoms with E-state index in [4.69, 9.17) is 0 Å². The van der Waals surface area contributed by atoms with E-state index >= 15 is 0 Å². The minimum absolute atomic E-state index is 0.0870. The third-order valence-electron chi connectivity index (χ3n) is 6.27. The van der Waals surface area contributed by atoms with Crippen LogP contribution >= 0.6 is 0 Å². The summed E-state index contributed by atoms with van der Waals surface area (Å²) in [5, 5.41) is 6.79. The van der Waals surface area contributed by atoms with Crippen molar-refractivity contribution in [2.75, 3.05) is 6.54 Å². The molecular formula is C21H24N6O2. The molecule has 1 saturated heterocycles. The largest absolute Gasteiger partial charge is 0.343 e. The molecule has 1 aliphatic carbocycles. The van der Waals surface area contributed by atoms with E-state index in [0.29, 0.717) is 24.1 Å². The van der Waals surface area contributed by atoms with Crippen LogP contribution < -0.4 is 5.69 Å². The topological polar surface area (TPSA) is 88.8 Å². The van der Waals surface area contributed by atoms with Crippen LogP contribution in [0.25, 0.3) is 5.69 Å². The lowest BCUT2D eigenvalue weighted by molar-refractivity contribution is -0.132. The van der Waals surface area contributed by atoms with Gasteiger partial charge in [0.2, 0.25) is 5.91 Å². The predicted molar refractivity (Wildman–Crippen MR) is 106 cm³/mol. The number of likely N-dealkylation sites (tertiary alicyclic amines) is 1. The summed E-state index contributed by atoms with van der Waals surface area (Å²) < 4.78 is 3.48. The van der Waals surface area contributed by atoms with Crippen molar-refractivity contribution >= 4 is 5.91 Å². The van der Waals surface area contributed by atoms with E-state index < -0.39 is 0 Å². The van der Waals surface area contributed by atoms with Gasteiger partial charge in [-0.15, -0.1) is 0 Å². The Bertz CT molecular complexity index is 1060. The second kappa shape index (κ2) is 7.02. The highest BCUT2D eigenvalue weighted by Gasteiger charge is 2.47. The number of rotatable bonds is 5. The summed E-state index contributed by atoms with van der Waals surface area (Å²) in [4.78, 5) is 31.1. The van der Waals surface area contributed by atoms with Crippen molar-refractivity contribution in [3.8, 4) is 5.69 Å². The van der Waals surface area contributed by atoms with Gasteiger partial charge < -0.3 is 9.47 Å². The molecule has 8 nitrogen and oxygen atoms in total. The summed E-state index contributed by atoms with van der Waals surface area (Å²) in [5.41, 5.74) is 1.76. The Morgan fingerprint density at radius 1 is 1.21 bits per heavy atom. The highest BCUT2D eigenvalue weighted by Crippen LogP contribution is 2.49. The first-order valence-electron chi connectivity index (χ1n) is 10.1. The van der Waals surface area contributed by atoms with Crippen molar-refractivity contribution in [1.29, 1.82) is 0 Å². The highest BCUT2D eigenvalue weighted by molar-refractivity contribution is 5.79. The quantitative estimate of drug-likeness (QED) is 0.718. The van der Waals surface area contributed by atoms with E-state index in [9.17, 15) is 9.59 Å². The maximum absolute atomic E-state index is 13.2. The van der Waals surface area contributed by atoms with Crippen molar-refractivity contribution in [1.82, 2.24) is 29.2 Å². The Morgan fingerprint density at radius 3 is 2.62 bits per heavy atom. The first-order valence-corrected chi connectivity index (χ1v) is 10.1. The zero-order valence-corrected chi connectivity index (χ0v) is 16.4. The number of nitrogens with zero attached hydrogens (tertiary/aromatic N) is 5. The normalized spacial score (nSPS) is 21.6. The standard InChI is InChI=1S/C21H24N6O2/c1-25-20(23-24-21(25)29)19-17(15-4-5-15)8-10-27(19)18(28)12-14-2-6-16(7-3-14)26-11-9-22-13-26/h2-3,6-7,9,11,13,15,17,19H,4-5,8,10,12H2,1H3,(H,24,29). The Labute approximate surface area is 168 Å². The van der Waals surface area contributed by atoms with Gasteiger partial charge >= 0.3 is 5.69 Å². The number of H-pyrrole nitrogens is 1. The molecular weight excluding hydrogens is 368 g/mol. The van der Waals surface area contributed by atoms with Crippen LogP contribution in [0, 0.1) is 11.8 Å². The van der Waals surface area contributed by atoms with E-state index in [-0.39, 0.29) is 17.6 Å². The molecule has 1 N–H and O–H groups in total. The van der Waals surface area contributed by atoms with Crippen LogP contribution in [0.3, 0.4) is 0 Å². The summed E-state index contributed by atoms with van der Waals surface area (Å²) in [6.45, 7) is 0.721. The van der Waals surface area contributed by atoms with Gasteiger partial charge in [0.05, 0.1) is 18.8 Å². The average Bonchev–Trinajstić information content (AvgIpc) is 3.12. The molecule has 2 aromatic heterocycles. The molecule has 1 amide bonds. The lowest BCUT2D eigenvalue weighted by Gasteiger charge is -2.27. The number of nitrogens with one attached hydrogen (secondary N) is 1. The van der Waals surface area contributed by atoms with Crippen LogP contribution in [-0.2, 0) is 18.3 Å². The van der Waals surface area contributed by atoms with Crippen molar-refractivity contribution < 1.29 is 4.79 Å². The van der Waals surface area contributed by atoms with E-state index in [1.54, 1.807) is 24.1 Å². The lowest BCUT2D eigenvalue weighted by atomic mass is 9.94. The van der Waals surface area contributed by atoms with Crippen molar-refractivity contribution in [3.63, 3.8) is 0 Å². The van der Waals surface area contributed by atoms with E-state index in [2.05, 4.69) is 15.2 Å². The summed E-state index contributed by atoms with van der Waals surface area (Å²) in [7, 11) is 1.72. The highest BCUT2D eigenvalue weighted by atomic mass is 16.2. The Balaban J connectivity index is 1.36. The smallest absolute Gasteiger partial charge is 0.332 e. The molecule has 150 valence electrons. The minimum atomic E-state index is -0.232. The van der Waals surface area contributed by atoms with Crippen LogP contribution in [0.15, 0.2) is 47.8 Å². The van der Waals surface area contributed by atoms with Gasteiger partial charge in [-0.05, 0) is 48.8 Å². The third-order valence-corrected chi connectivity index (χ3v) is 6.27. The number of hydrogen-bond acceptors (Lipinski definition) is 4. The zero-order chi connectivity index (χ0) is 20.0. The summed E-state index contributed by atoms with van der Waals surface area (Å²) >= 11 is 0. The number of aromatic amines is 1. The van der Waals surface area contributed by atoms with Crippen molar-refractivity contribution in [2.45, 2.75) is 31.7 Å². The summed E-state index contributed by atoms with van der Waals surface area (Å²) in [6.07, 6.45) is 9.11. The number of hydrogen-bond donors (Lipinski definition) is 1. The molecule has 0 bridgehead atoms. The molecule has 1 aliphatic heterocycles. The third kappa shape index (κ3) is 3.28. The first kappa shape index (κ1) is 17.9. The first-order chi connectivity index (χ1) is 14.1. The van der Waals surface area contributed by atoms with Crippen LogP contribution in [0.1, 0.15) is 36.7 Å². The molecule has 5 rings (SSSR count). The molecule has 2 atom stereocenters. The molecule has 2 aliphatic rings. The molecule has 0 spiro atoms. The fraction of sp³-hybridized carbons (Fsp3) is 0.429. The predicted octanol–water partition coefficient (Wildman–Crippen LogP) is 1.84. The molecule has 3 aromatic rings. The molecule has 29 heavy (non-hydrogen) atoms. The monoisotopic (exact) mass is 392 g/mol. The summed E-state index contributed by atoms with van der Waals surface area (Å²) in [6, 6.07) is 7.85. The van der Waals surface area contributed by atoms with Crippen molar-refractivity contribution in [3.05, 3.63) is 64.9 Å². The molecule has 2 unspecified atom stereocenters. The molecule has 0 radical (unpaired) electrons. The summed E-state index contributed by atoms with van der Waals surface area (Å²) in [5.74, 6) is 1.78. The van der Waals surface area contributed by atoms with Gasteiger partial charge in [-0.25, -0.2) is 14.9 Å². The number of imidazole rings is 1. The van der Waals surface area contributed by atoms with Gasteiger partial charge in [-0.3, -0.25) is 9.36 Å². The molecule has 1 saturated carbocycles. The molecule has 8 heteroatoms. The molecule has 2 fully saturated rings. The molecule has 1 aromatic carbocycles. The Hall–Kier alpha value is -3.16. The van der Waals surface area contributed by atoms with Gasteiger partial charge in [-0.2, -0.15) is 5.10 Å². The fourth-order valence-electron chi connectivity index (χ4n) is 4.54. The number of aromatic nitrogens is 5. The molecule has 3 heterocycles. The van der Waals surface area contributed by atoms with Crippen LogP contribution in [-0.4, -0.2) is 41.7 Å². The van der Waals surface area contributed by atoms with Crippen molar-refractivity contribution in [2.24, 2.45) is 18.9 Å². The van der Waals surface area contributed by atoms with E-state index in [1.807, 2.05) is 39.9 Å². The van der Waals surface area contributed by atoms with Gasteiger partial charge in [0.1, 0.15) is 0 Å². The maximum atomic E-state index is 13.2. The van der Waals surface area contributed by atoms with Gasteiger partial charge in [0.15, 0.2) is 5.82 Å². The Kier molecular flexibility index (Phi) is 4.34. The minimum Gasteiger partial charge on any atom is -0.332 e. The lowest BCUT2D eigenvalue weighted by Crippen LogP contribution is -2.35. The SMILES string of the molecule is Cn1c(C2C(C3CC3)CCN2C(=O)Cc2ccc(-n3ccnc3)cc2)n[nH]c1=O. The fourth-order valence-corrected chi connectivity index (χ4v) is 4.54. The second-order valence-corrected chi connectivity index (χ2v) is 8.08. The average molecular weight is 392 g/mol. The van der Waals surface area contributed by atoms with E-state index in [0.717, 1.165) is 24.2 Å². The Morgan fingerprint density at radius 2 is 2.00 bits per heavy atom. The van der Waals surface area contributed by atoms with Crippen LogP contribution in [0.5, 0.6) is 0 Å². The van der Waals surface area contributed by atoms with Gasteiger partial charge in [0.25, 0.3) is 0 Å². The van der Waals surface area contributed by atoms with E-state index in [1.165, 1.54) is 12.8 Å². The zero-order valence-electron chi connectivity index (χ0n) is 16.4. The van der Waals surface area contributed by atoms with Gasteiger partial charge in [0, 0.05) is 31.7 Å². The maximum Gasteiger partial charge on any atom is 0.343 e. The van der Waals surface area contributed by atoms with Crippen LogP contribution in [0.2, 0.25) is 0 Å². The number of carbonyl (C=O) groups is 1. The number of amides is 1. The van der Waals surface area contributed by atoms with Gasteiger partial charge in [-0.1, -0.05) is 12.1 Å². The second-order valence-electron chi connectivity index (χ2n) is 8.08.